The van der Waals surface area contributed by atoms with Gasteiger partial charge in [0.1, 0.15) is 6.10 Å². The van der Waals surface area contributed by atoms with Crippen LogP contribution in [0, 0.1) is 0 Å². The first-order valence-electron chi connectivity index (χ1n) is 10.6. The van der Waals surface area contributed by atoms with Gasteiger partial charge in [-0.15, -0.1) is 0 Å². The zero-order valence-corrected chi connectivity index (χ0v) is 16.7. The molecule has 3 fully saturated rings. The number of anilines is 1. The standard InChI is InChI=1S/C21H25N3O6/c25-18(23-7-2-1-3-8-23)14-5-6-17-16(11-14)21(28-9-4-10-29-21)19(26)24(17)13-15-12-22-20(27)30-15/h5-6,11,15H,1-4,7-10,12-13H2,(H,22,27). The Morgan fingerprint density at radius 2 is 1.87 bits per heavy atom. The number of hydrogen-bond acceptors (Lipinski definition) is 6. The number of amides is 3. The molecule has 0 radical (unpaired) electrons. The van der Waals surface area contributed by atoms with Crippen LogP contribution in [0.2, 0.25) is 0 Å². The summed E-state index contributed by atoms with van der Waals surface area (Å²) >= 11 is 0. The summed E-state index contributed by atoms with van der Waals surface area (Å²) in [7, 11) is 0. The molecule has 1 N–H and O–H groups in total. The third-order valence-electron chi connectivity index (χ3n) is 6.09. The van der Waals surface area contributed by atoms with Crippen LogP contribution in [-0.2, 0) is 24.8 Å². The van der Waals surface area contributed by atoms with Gasteiger partial charge in [-0.3, -0.25) is 9.59 Å². The smallest absolute Gasteiger partial charge is 0.407 e. The highest BCUT2D eigenvalue weighted by atomic mass is 16.7. The van der Waals surface area contributed by atoms with E-state index in [1.807, 2.05) is 4.90 Å². The molecule has 4 heterocycles. The molecule has 4 aliphatic heterocycles. The molecule has 1 unspecified atom stereocenters. The van der Waals surface area contributed by atoms with Crippen LogP contribution in [0.25, 0.3) is 0 Å². The topological polar surface area (TPSA) is 97.4 Å². The number of cyclic esters (lactones) is 1. The van der Waals surface area contributed by atoms with Crippen LogP contribution in [0.5, 0.6) is 0 Å². The summed E-state index contributed by atoms with van der Waals surface area (Å²) in [6, 6.07) is 5.25. The van der Waals surface area contributed by atoms with Crippen LogP contribution in [0.1, 0.15) is 41.6 Å². The number of carbonyl (C=O) groups is 3. The van der Waals surface area contributed by atoms with E-state index in [0.717, 1.165) is 32.4 Å². The van der Waals surface area contributed by atoms with Gasteiger partial charge in [0.05, 0.1) is 32.0 Å². The molecular weight excluding hydrogens is 390 g/mol. The first-order valence-corrected chi connectivity index (χ1v) is 10.6. The Morgan fingerprint density at radius 3 is 2.57 bits per heavy atom. The van der Waals surface area contributed by atoms with E-state index >= 15 is 0 Å². The summed E-state index contributed by atoms with van der Waals surface area (Å²) in [5, 5.41) is 2.60. The van der Waals surface area contributed by atoms with Crippen LogP contribution < -0.4 is 10.2 Å². The molecule has 30 heavy (non-hydrogen) atoms. The number of carbonyl (C=O) groups excluding carboxylic acids is 3. The molecule has 0 saturated carbocycles. The number of ether oxygens (including phenoxy) is 3. The Morgan fingerprint density at radius 1 is 1.10 bits per heavy atom. The number of alkyl carbamates (subject to hydrolysis) is 1. The first kappa shape index (κ1) is 19.3. The number of rotatable bonds is 3. The fourth-order valence-electron chi connectivity index (χ4n) is 4.58. The van der Waals surface area contributed by atoms with Gasteiger partial charge in [0, 0.05) is 24.2 Å². The Kier molecular flexibility index (Phi) is 4.86. The van der Waals surface area contributed by atoms with E-state index in [-0.39, 0.29) is 18.4 Å². The van der Waals surface area contributed by atoms with Gasteiger partial charge in [0.25, 0.3) is 17.6 Å². The molecule has 4 aliphatic rings. The predicted molar refractivity (Wildman–Crippen MR) is 105 cm³/mol. The number of likely N-dealkylation sites (tertiary alicyclic amines) is 1. The maximum atomic E-state index is 13.4. The molecule has 3 amide bonds. The van der Waals surface area contributed by atoms with E-state index in [2.05, 4.69) is 5.32 Å². The predicted octanol–water partition coefficient (Wildman–Crippen LogP) is 1.36. The fourth-order valence-corrected chi connectivity index (χ4v) is 4.58. The molecule has 160 valence electrons. The lowest BCUT2D eigenvalue weighted by Gasteiger charge is -2.33. The monoisotopic (exact) mass is 415 g/mol. The molecule has 5 rings (SSSR count). The molecule has 0 bridgehead atoms. The third-order valence-corrected chi connectivity index (χ3v) is 6.09. The summed E-state index contributed by atoms with van der Waals surface area (Å²) in [5.41, 5.74) is 1.70. The number of hydrogen-bond donors (Lipinski definition) is 1. The summed E-state index contributed by atoms with van der Waals surface area (Å²) in [6.07, 6.45) is 2.90. The highest BCUT2D eigenvalue weighted by Gasteiger charge is 2.55. The van der Waals surface area contributed by atoms with E-state index in [9.17, 15) is 14.4 Å². The number of benzene rings is 1. The Balaban J connectivity index is 1.49. The van der Waals surface area contributed by atoms with Crippen LogP contribution in [0.3, 0.4) is 0 Å². The van der Waals surface area contributed by atoms with Gasteiger partial charge in [-0.25, -0.2) is 4.79 Å². The summed E-state index contributed by atoms with van der Waals surface area (Å²) in [5.74, 6) is -1.92. The van der Waals surface area contributed by atoms with Gasteiger partial charge >= 0.3 is 6.09 Å². The van der Waals surface area contributed by atoms with Crippen molar-refractivity contribution in [1.29, 1.82) is 0 Å². The van der Waals surface area contributed by atoms with Crippen LogP contribution in [0.15, 0.2) is 18.2 Å². The molecule has 1 spiro atoms. The molecule has 0 aromatic heterocycles. The summed E-state index contributed by atoms with van der Waals surface area (Å²) in [6.45, 7) is 2.81. The quantitative estimate of drug-likeness (QED) is 0.801. The number of nitrogens with zero attached hydrogens (tertiary/aromatic N) is 2. The molecule has 0 aliphatic carbocycles. The van der Waals surface area contributed by atoms with E-state index < -0.39 is 18.0 Å². The van der Waals surface area contributed by atoms with Crippen molar-refractivity contribution in [2.45, 2.75) is 37.6 Å². The summed E-state index contributed by atoms with van der Waals surface area (Å²) in [4.78, 5) is 41.2. The maximum absolute atomic E-state index is 13.4. The van der Waals surface area contributed by atoms with Gasteiger partial charge in [-0.2, -0.15) is 0 Å². The number of fused-ring (bicyclic) bond motifs is 2. The lowest BCUT2D eigenvalue weighted by atomic mass is 10.0. The average Bonchev–Trinajstić information content (AvgIpc) is 3.29. The second-order valence-electron chi connectivity index (χ2n) is 8.08. The highest BCUT2D eigenvalue weighted by molar-refractivity contribution is 6.07. The second-order valence-corrected chi connectivity index (χ2v) is 8.08. The molecule has 3 saturated heterocycles. The average molecular weight is 415 g/mol. The number of nitrogens with one attached hydrogen (secondary N) is 1. The van der Waals surface area contributed by atoms with Crippen molar-refractivity contribution in [2.75, 3.05) is 44.3 Å². The van der Waals surface area contributed by atoms with Gasteiger partial charge < -0.3 is 29.3 Å². The van der Waals surface area contributed by atoms with Gasteiger partial charge in [-0.05, 0) is 43.9 Å². The van der Waals surface area contributed by atoms with Crippen LogP contribution >= 0.6 is 0 Å². The van der Waals surface area contributed by atoms with Gasteiger partial charge in [0.15, 0.2) is 0 Å². The van der Waals surface area contributed by atoms with Crippen LogP contribution in [0.4, 0.5) is 10.5 Å². The molecule has 9 heteroatoms. The van der Waals surface area contributed by atoms with Crippen molar-refractivity contribution >= 4 is 23.6 Å². The zero-order chi connectivity index (χ0) is 20.7. The second kappa shape index (κ2) is 7.55. The van der Waals surface area contributed by atoms with Gasteiger partial charge in [-0.1, -0.05) is 0 Å². The Labute approximate surface area is 174 Å². The Hall–Kier alpha value is -2.65. The van der Waals surface area contributed by atoms with Crippen molar-refractivity contribution in [3.8, 4) is 0 Å². The first-order chi connectivity index (χ1) is 14.6. The van der Waals surface area contributed by atoms with Crippen molar-refractivity contribution in [3.63, 3.8) is 0 Å². The Bertz CT molecular complexity index is 875. The minimum atomic E-state index is -1.54. The lowest BCUT2D eigenvalue weighted by molar-refractivity contribution is -0.256. The molecule has 1 aromatic rings. The van der Waals surface area contributed by atoms with Crippen molar-refractivity contribution in [2.24, 2.45) is 0 Å². The van der Waals surface area contributed by atoms with Crippen LogP contribution in [-0.4, -0.2) is 68.3 Å². The maximum Gasteiger partial charge on any atom is 0.407 e. The van der Waals surface area contributed by atoms with Crippen molar-refractivity contribution < 1.29 is 28.6 Å². The summed E-state index contributed by atoms with van der Waals surface area (Å²) < 4.78 is 17.0. The highest BCUT2D eigenvalue weighted by Crippen LogP contribution is 2.46. The van der Waals surface area contributed by atoms with Gasteiger partial charge in [0.2, 0.25) is 0 Å². The molecule has 9 nitrogen and oxygen atoms in total. The minimum absolute atomic E-state index is 0.0386. The lowest BCUT2D eigenvalue weighted by Crippen LogP contribution is -2.49. The van der Waals surface area contributed by atoms with E-state index in [4.69, 9.17) is 14.2 Å². The van der Waals surface area contributed by atoms with E-state index in [1.54, 1.807) is 23.1 Å². The zero-order valence-electron chi connectivity index (χ0n) is 16.7. The molecule has 1 atom stereocenters. The number of piperidine rings is 1. The minimum Gasteiger partial charge on any atom is -0.442 e. The van der Waals surface area contributed by atoms with E-state index in [1.165, 1.54) is 0 Å². The SMILES string of the molecule is O=C1NCC(CN2C(=O)C3(OCCCO3)c3cc(C(=O)N4CCCCC4)ccc32)O1. The van der Waals surface area contributed by atoms with E-state index in [0.29, 0.717) is 43.0 Å². The van der Waals surface area contributed by atoms with Crippen molar-refractivity contribution in [1.82, 2.24) is 10.2 Å². The largest absolute Gasteiger partial charge is 0.442 e. The molecule has 1 aromatic carbocycles. The normalized spacial score (nSPS) is 25.3. The fraction of sp³-hybridized carbons (Fsp3) is 0.571. The van der Waals surface area contributed by atoms with Crippen molar-refractivity contribution in [3.05, 3.63) is 29.3 Å². The third kappa shape index (κ3) is 3.13. The molecular formula is C21H25N3O6.